The van der Waals surface area contributed by atoms with Gasteiger partial charge in [0.2, 0.25) is 0 Å². The van der Waals surface area contributed by atoms with Crippen LogP contribution < -0.4 is 15.4 Å². The highest BCUT2D eigenvalue weighted by atomic mass is 35.5. The number of hydrogen-bond acceptors (Lipinski definition) is 10. The third-order valence-electron chi connectivity index (χ3n) is 10.1. The topological polar surface area (TPSA) is 124 Å². The van der Waals surface area contributed by atoms with E-state index in [9.17, 15) is 26.7 Å². The average Bonchev–Trinajstić information content (AvgIpc) is 3.72. The molecule has 7 rings (SSSR count). The molecule has 1 unspecified atom stereocenters. The number of ether oxygens (including phenoxy) is 2. The molecular weight excluding hydrogens is 750 g/mol. The normalized spacial score (nSPS) is 19.4. The fourth-order valence-corrected chi connectivity index (χ4v) is 8.27. The molecule has 4 aliphatic heterocycles. The Morgan fingerprint density at radius 2 is 1.83 bits per heavy atom. The summed E-state index contributed by atoms with van der Waals surface area (Å²) in [5.41, 5.74) is 6.67. The van der Waals surface area contributed by atoms with Gasteiger partial charge in [-0.3, -0.25) is 19.2 Å². The molecule has 12 nitrogen and oxygen atoms in total. The summed E-state index contributed by atoms with van der Waals surface area (Å²) in [5.74, 6) is 0.0428. The van der Waals surface area contributed by atoms with Crippen molar-refractivity contribution in [1.29, 1.82) is 0 Å². The van der Waals surface area contributed by atoms with Crippen LogP contribution in [0.5, 0.6) is 6.01 Å². The molecule has 4 aliphatic rings. The summed E-state index contributed by atoms with van der Waals surface area (Å²) < 4.78 is 77.2. The first-order valence-electron chi connectivity index (χ1n) is 17.0. The SMILES string of the molecule is C=C(F)F.CON(C)C(=O)c1nn2c(c1Cl)CN(c1nc(OCC34CCCN3CCC4)nc3c1COC(c1cc(N)cc(Cl)c1C(F)(F)F)C3)CCC2. The number of fused-ring (bicyclic) bond motifs is 3. The van der Waals surface area contributed by atoms with Crippen LogP contribution in [0.4, 0.5) is 33.5 Å². The number of aromatic nitrogens is 4. The Kier molecular flexibility index (Phi) is 11.4. The van der Waals surface area contributed by atoms with Gasteiger partial charge in [0.1, 0.15) is 12.4 Å². The second-order valence-corrected chi connectivity index (χ2v) is 14.1. The Labute approximate surface area is 312 Å². The number of carbonyl (C=O) groups excluding carboxylic acids is 1. The molecule has 2 fully saturated rings. The first-order valence-corrected chi connectivity index (χ1v) is 17.7. The Morgan fingerprint density at radius 3 is 2.49 bits per heavy atom. The lowest BCUT2D eigenvalue weighted by Crippen LogP contribution is -2.43. The molecular formula is C34H39Cl2F5N8O4. The number of carbonyl (C=O) groups is 1. The number of rotatable bonds is 7. The van der Waals surface area contributed by atoms with Gasteiger partial charge in [-0.2, -0.15) is 37.0 Å². The summed E-state index contributed by atoms with van der Waals surface area (Å²) in [5, 5.41) is 5.25. The molecule has 0 radical (unpaired) electrons. The maximum absolute atomic E-state index is 14.2. The first-order chi connectivity index (χ1) is 25.1. The predicted octanol–water partition coefficient (Wildman–Crippen LogP) is 6.84. The van der Waals surface area contributed by atoms with Gasteiger partial charge in [-0.1, -0.05) is 23.2 Å². The number of benzene rings is 1. The lowest BCUT2D eigenvalue weighted by atomic mass is 9.94. The largest absolute Gasteiger partial charge is 0.461 e. The van der Waals surface area contributed by atoms with Crippen molar-refractivity contribution in [3.63, 3.8) is 0 Å². The fourth-order valence-electron chi connectivity index (χ4n) is 7.65. The second kappa shape index (κ2) is 15.5. The molecule has 2 aromatic heterocycles. The molecule has 3 aromatic rings. The van der Waals surface area contributed by atoms with Crippen LogP contribution in [0.25, 0.3) is 0 Å². The molecule has 1 amide bonds. The summed E-state index contributed by atoms with van der Waals surface area (Å²) in [6.45, 7) is 5.91. The molecule has 1 aromatic carbocycles. The van der Waals surface area contributed by atoms with Gasteiger partial charge in [0.25, 0.3) is 12.0 Å². The smallest absolute Gasteiger partial charge is 0.418 e. The van der Waals surface area contributed by atoms with E-state index in [1.54, 1.807) is 4.68 Å². The van der Waals surface area contributed by atoms with Gasteiger partial charge in [-0.05, 0) is 69.5 Å². The lowest BCUT2D eigenvalue weighted by molar-refractivity contribution is -0.139. The number of nitrogens with zero attached hydrogens (tertiary/aromatic N) is 7. The second-order valence-electron chi connectivity index (χ2n) is 13.4. The van der Waals surface area contributed by atoms with E-state index in [2.05, 4.69) is 16.6 Å². The number of hydroxylamine groups is 2. The fraction of sp³-hybridized carbons (Fsp3) is 0.529. The third-order valence-corrected chi connectivity index (χ3v) is 10.8. The maximum Gasteiger partial charge on any atom is 0.418 e. The third kappa shape index (κ3) is 8.04. The molecule has 288 valence electrons. The average molecular weight is 790 g/mol. The minimum atomic E-state index is -4.73. The van der Waals surface area contributed by atoms with Crippen molar-refractivity contribution in [1.82, 2.24) is 29.7 Å². The number of aryl methyl sites for hydroxylation is 1. The van der Waals surface area contributed by atoms with Crippen molar-refractivity contribution < 1.29 is 41.1 Å². The molecule has 0 spiro atoms. The van der Waals surface area contributed by atoms with Crippen LogP contribution in [-0.2, 0) is 41.9 Å². The number of halogens is 7. The molecule has 0 bridgehead atoms. The Balaban J connectivity index is 0.00000114. The number of nitrogen functional groups attached to an aromatic ring is 1. The van der Waals surface area contributed by atoms with E-state index in [0.29, 0.717) is 48.9 Å². The highest BCUT2D eigenvalue weighted by Gasteiger charge is 2.45. The number of alkyl halides is 3. The molecule has 0 aliphatic carbocycles. The van der Waals surface area contributed by atoms with Crippen molar-refractivity contribution in [3.05, 3.63) is 68.6 Å². The van der Waals surface area contributed by atoms with Gasteiger partial charge in [0.15, 0.2) is 5.69 Å². The Bertz CT molecular complexity index is 1870. The zero-order valence-corrected chi connectivity index (χ0v) is 30.6. The van der Waals surface area contributed by atoms with Crippen molar-refractivity contribution in [2.45, 2.75) is 76.0 Å². The summed E-state index contributed by atoms with van der Waals surface area (Å²) in [7, 11) is 2.85. The number of hydrogen-bond donors (Lipinski definition) is 1. The zero-order chi connectivity index (χ0) is 38.2. The molecule has 2 N–H and O–H groups in total. The van der Waals surface area contributed by atoms with Crippen LogP contribution in [-0.4, -0.2) is 81.6 Å². The Morgan fingerprint density at radius 1 is 1.13 bits per heavy atom. The van der Waals surface area contributed by atoms with Crippen LogP contribution in [0.3, 0.4) is 0 Å². The van der Waals surface area contributed by atoms with Gasteiger partial charge in [0.05, 0.1) is 58.9 Å². The summed E-state index contributed by atoms with van der Waals surface area (Å²) >= 11 is 12.9. The molecule has 0 saturated carbocycles. The van der Waals surface area contributed by atoms with Crippen molar-refractivity contribution in [2.75, 3.05) is 51.0 Å². The number of amides is 1. The first kappa shape index (κ1) is 38.9. The van der Waals surface area contributed by atoms with Crippen LogP contribution in [0.1, 0.15) is 76.8 Å². The van der Waals surface area contributed by atoms with Crippen molar-refractivity contribution >= 4 is 40.6 Å². The minimum absolute atomic E-state index is 0.00980. The van der Waals surface area contributed by atoms with E-state index in [1.807, 2.05) is 4.90 Å². The summed E-state index contributed by atoms with van der Waals surface area (Å²) in [6, 6.07) is 2.49. The van der Waals surface area contributed by atoms with E-state index < -0.39 is 34.9 Å². The standard InChI is InChI=1S/C32H37Cl2F3N8O4.C2H2F2/c1-42(47-2)29(46)27-26(34)23-15-43(8-5-11-45(23)41-27)28-20-16-48-24(19-12-18(38)13-21(33)25(19)32(35,36)37)14-22(20)39-30(40-28)49-17-31-6-3-9-44(31)10-4-7-31;1-2(3)4/h12-13,24H,3-11,14-17,38H2,1-2H3;1H2. The van der Waals surface area contributed by atoms with E-state index >= 15 is 0 Å². The molecule has 19 heteroatoms. The van der Waals surface area contributed by atoms with Crippen LogP contribution in [0.2, 0.25) is 10.0 Å². The monoisotopic (exact) mass is 788 g/mol. The molecule has 53 heavy (non-hydrogen) atoms. The molecule has 2 saturated heterocycles. The minimum Gasteiger partial charge on any atom is -0.461 e. The van der Waals surface area contributed by atoms with Gasteiger partial charge in [-0.25, -0.2) is 5.06 Å². The number of nitrogens with two attached hydrogens (primary N) is 1. The lowest BCUT2D eigenvalue weighted by Gasteiger charge is -2.33. The maximum atomic E-state index is 14.2. The van der Waals surface area contributed by atoms with Gasteiger partial charge in [-0.15, -0.1) is 0 Å². The van der Waals surface area contributed by atoms with E-state index in [-0.39, 0.29) is 53.1 Å². The highest BCUT2D eigenvalue weighted by molar-refractivity contribution is 6.34. The highest BCUT2D eigenvalue weighted by Crippen LogP contribution is 2.45. The van der Waals surface area contributed by atoms with Gasteiger partial charge < -0.3 is 20.1 Å². The van der Waals surface area contributed by atoms with E-state index in [1.165, 1.54) is 20.2 Å². The van der Waals surface area contributed by atoms with Crippen LogP contribution in [0.15, 0.2) is 24.8 Å². The number of anilines is 2. The van der Waals surface area contributed by atoms with Gasteiger partial charge >= 0.3 is 12.2 Å². The molecule has 1 atom stereocenters. The van der Waals surface area contributed by atoms with Crippen LogP contribution >= 0.6 is 23.2 Å². The van der Waals surface area contributed by atoms with E-state index in [0.717, 1.165) is 49.9 Å². The van der Waals surface area contributed by atoms with Gasteiger partial charge in [0, 0.05) is 37.8 Å². The zero-order valence-electron chi connectivity index (χ0n) is 29.1. The predicted molar refractivity (Wildman–Crippen MR) is 186 cm³/mol. The summed E-state index contributed by atoms with van der Waals surface area (Å²) in [4.78, 5) is 32.1. The van der Waals surface area contributed by atoms with Crippen LogP contribution in [0, 0.1) is 0 Å². The Hall–Kier alpha value is -3.77. The molecule has 6 heterocycles. The summed E-state index contributed by atoms with van der Waals surface area (Å²) in [6.07, 6.45) is -2.70. The van der Waals surface area contributed by atoms with E-state index in [4.69, 9.17) is 53.2 Å². The quantitative estimate of drug-likeness (QED) is 0.155. The van der Waals surface area contributed by atoms with Crippen molar-refractivity contribution in [3.8, 4) is 6.01 Å². The van der Waals surface area contributed by atoms with Crippen molar-refractivity contribution in [2.24, 2.45) is 0 Å².